The SMILES string of the molecule is COc1ccc(CC(C)N(CC(=O)O)CC(C)C)cc1. The number of carboxylic acids is 1. The number of rotatable bonds is 8. The molecular weight excluding hydrogens is 254 g/mol. The zero-order valence-electron chi connectivity index (χ0n) is 12.8. The molecule has 4 nitrogen and oxygen atoms in total. The maximum atomic E-state index is 11.0. The zero-order valence-corrected chi connectivity index (χ0v) is 12.8. The number of nitrogens with zero attached hydrogens (tertiary/aromatic N) is 1. The average Bonchev–Trinajstić information content (AvgIpc) is 2.37. The summed E-state index contributed by atoms with van der Waals surface area (Å²) in [6.45, 7) is 7.18. The van der Waals surface area contributed by atoms with Crippen LogP contribution in [0.5, 0.6) is 5.75 Å². The lowest BCUT2D eigenvalue weighted by Gasteiger charge is -2.29. The van der Waals surface area contributed by atoms with Crippen LogP contribution in [0.2, 0.25) is 0 Å². The van der Waals surface area contributed by atoms with Crippen LogP contribution in [0.15, 0.2) is 24.3 Å². The highest BCUT2D eigenvalue weighted by Crippen LogP contribution is 2.15. The number of carbonyl (C=O) groups is 1. The minimum Gasteiger partial charge on any atom is -0.497 e. The third-order valence-electron chi connectivity index (χ3n) is 3.25. The van der Waals surface area contributed by atoms with Gasteiger partial charge in [-0.15, -0.1) is 0 Å². The first-order valence-corrected chi connectivity index (χ1v) is 7.01. The molecule has 1 aromatic rings. The molecule has 0 bridgehead atoms. The van der Waals surface area contributed by atoms with Crippen LogP contribution >= 0.6 is 0 Å². The molecule has 0 aliphatic rings. The Morgan fingerprint density at radius 3 is 2.30 bits per heavy atom. The Morgan fingerprint density at radius 2 is 1.85 bits per heavy atom. The summed E-state index contributed by atoms with van der Waals surface area (Å²) in [6, 6.07) is 8.13. The van der Waals surface area contributed by atoms with Gasteiger partial charge < -0.3 is 9.84 Å². The summed E-state index contributed by atoms with van der Waals surface area (Å²) < 4.78 is 5.14. The average molecular weight is 279 g/mol. The van der Waals surface area contributed by atoms with E-state index < -0.39 is 5.97 Å². The minimum atomic E-state index is -0.771. The lowest BCUT2D eigenvalue weighted by molar-refractivity contribution is -0.139. The highest BCUT2D eigenvalue weighted by Gasteiger charge is 2.18. The molecule has 0 amide bonds. The second-order valence-corrected chi connectivity index (χ2v) is 5.62. The number of aliphatic carboxylic acids is 1. The number of hydrogen-bond donors (Lipinski definition) is 1. The third kappa shape index (κ3) is 5.61. The van der Waals surface area contributed by atoms with Crippen LogP contribution in [-0.4, -0.2) is 42.2 Å². The predicted octanol–water partition coefficient (Wildman–Crippen LogP) is 2.67. The normalized spacial score (nSPS) is 12.7. The predicted molar refractivity (Wildman–Crippen MR) is 80.2 cm³/mol. The van der Waals surface area contributed by atoms with Crippen molar-refractivity contribution in [2.45, 2.75) is 33.2 Å². The van der Waals surface area contributed by atoms with Crippen LogP contribution < -0.4 is 4.74 Å². The molecule has 0 saturated carbocycles. The van der Waals surface area contributed by atoms with Crippen molar-refractivity contribution in [2.24, 2.45) is 5.92 Å². The molecule has 4 heteroatoms. The summed E-state index contributed by atoms with van der Waals surface area (Å²) in [4.78, 5) is 13.0. The molecule has 0 aliphatic carbocycles. The summed E-state index contributed by atoms with van der Waals surface area (Å²) in [5, 5.41) is 9.02. The highest BCUT2D eigenvalue weighted by atomic mass is 16.5. The Morgan fingerprint density at radius 1 is 1.25 bits per heavy atom. The summed E-state index contributed by atoms with van der Waals surface area (Å²) in [5.74, 6) is 0.519. The van der Waals surface area contributed by atoms with E-state index in [9.17, 15) is 4.79 Å². The van der Waals surface area contributed by atoms with Gasteiger partial charge in [-0.3, -0.25) is 9.69 Å². The van der Waals surface area contributed by atoms with Gasteiger partial charge in [-0.05, 0) is 37.0 Å². The van der Waals surface area contributed by atoms with Crippen molar-refractivity contribution in [3.63, 3.8) is 0 Å². The van der Waals surface area contributed by atoms with E-state index in [-0.39, 0.29) is 12.6 Å². The van der Waals surface area contributed by atoms with Gasteiger partial charge in [0.15, 0.2) is 0 Å². The molecule has 1 unspecified atom stereocenters. The fourth-order valence-corrected chi connectivity index (χ4v) is 2.27. The van der Waals surface area contributed by atoms with E-state index in [0.717, 1.165) is 18.7 Å². The van der Waals surface area contributed by atoms with E-state index in [1.54, 1.807) is 7.11 Å². The van der Waals surface area contributed by atoms with Crippen LogP contribution in [0.3, 0.4) is 0 Å². The quantitative estimate of drug-likeness (QED) is 0.795. The molecule has 1 atom stereocenters. The van der Waals surface area contributed by atoms with Gasteiger partial charge in [0.1, 0.15) is 5.75 Å². The Kier molecular flexibility index (Phi) is 6.52. The second-order valence-electron chi connectivity index (χ2n) is 5.62. The molecular formula is C16H25NO3. The van der Waals surface area contributed by atoms with E-state index >= 15 is 0 Å². The number of hydrogen-bond acceptors (Lipinski definition) is 3. The first kappa shape index (κ1) is 16.5. The van der Waals surface area contributed by atoms with Gasteiger partial charge in [0.05, 0.1) is 13.7 Å². The van der Waals surface area contributed by atoms with E-state index in [1.807, 2.05) is 29.2 Å². The highest BCUT2D eigenvalue weighted by molar-refractivity contribution is 5.69. The van der Waals surface area contributed by atoms with Crippen molar-refractivity contribution in [3.8, 4) is 5.75 Å². The van der Waals surface area contributed by atoms with Gasteiger partial charge >= 0.3 is 5.97 Å². The Balaban J connectivity index is 2.67. The maximum Gasteiger partial charge on any atom is 0.317 e. The van der Waals surface area contributed by atoms with Crippen LogP contribution in [0.25, 0.3) is 0 Å². The van der Waals surface area contributed by atoms with Gasteiger partial charge in [-0.25, -0.2) is 0 Å². The Hall–Kier alpha value is -1.55. The topological polar surface area (TPSA) is 49.8 Å². The van der Waals surface area contributed by atoms with Gasteiger partial charge in [0.2, 0.25) is 0 Å². The van der Waals surface area contributed by atoms with E-state index in [0.29, 0.717) is 5.92 Å². The molecule has 0 spiro atoms. The van der Waals surface area contributed by atoms with Gasteiger partial charge in [-0.2, -0.15) is 0 Å². The van der Waals surface area contributed by atoms with Crippen molar-refractivity contribution >= 4 is 5.97 Å². The molecule has 0 radical (unpaired) electrons. The standard InChI is InChI=1S/C16H25NO3/c1-12(2)10-17(11-16(18)19)13(3)9-14-5-7-15(20-4)8-6-14/h5-8,12-13H,9-11H2,1-4H3,(H,18,19). The van der Waals surface area contributed by atoms with E-state index in [2.05, 4.69) is 20.8 Å². The van der Waals surface area contributed by atoms with Crippen LogP contribution in [0.4, 0.5) is 0 Å². The fourth-order valence-electron chi connectivity index (χ4n) is 2.27. The number of carboxylic acid groups (broad SMARTS) is 1. The minimum absolute atomic E-state index is 0.0928. The van der Waals surface area contributed by atoms with Crippen molar-refractivity contribution < 1.29 is 14.6 Å². The van der Waals surface area contributed by atoms with Crippen molar-refractivity contribution in [2.75, 3.05) is 20.2 Å². The molecule has 1 rings (SSSR count). The molecule has 1 N–H and O–H groups in total. The summed E-state index contributed by atoms with van der Waals surface area (Å²) >= 11 is 0. The summed E-state index contributed by atoms with van der Waals surface area (Å²) in [7, 11) is 1.65. The first-order valence-electron chi connectivity index (χ1n) is 7.01. The molecule has 20 heavy (non-hydrogen) atoms. The van der Waals surface area contributed by atoms with Crippen molar-refractivity contribution in [1.29, 1.82) is 0 Å². The fraction of sp³-hybridized carbons (Fsp3) is 0.562. The maximum absolute atomic E-state index is 11.0. The van der Waals surface area contributed by atoms with Crippen molar-refractivity contribution in [3.05, 3.63) is 29.8 Å². The molecule has 0 aromatic heterocycles. The lowest BCUT2D eigenvalue weighted by atomic mass is 10.0. The van der Waals surface area contributed by atoms with Gasteiger partial charge in [0, 0.05) is 12.6 Å². The smallest absolute Gasteiger partial charge is 0.317 e. The first-order chi connectivity index (χ1) is 9.42. The second kappa shape index (κ2) is 7.90. The number of methoxy groups -OCH3 is 1. The Bertz CT molecular complexity index is 414. The largest absolute Gasteiger partial charge is 0.497 e. The monoisotopic (exact) mass is 279 g/mol. The molecule has 0 fully saturated rings. The third-order valence-corrected chi connectivity index (χ3v) is 3.25. The van der Waals surface area contributed by atoms with Gasteiger partial charge in [-0.1, -0.05) is 26.0 Å². The molecule has 0 heterocycles. The zero-order chi connectivity index (χ0) is 15.1. The molecule has 0 aliphatic heterocycles. The van der Waals surface area contributed by atoms with Crippen LogP contribution in [-0.2, 0) is 11.2 Å². The van der Waals surface area contributed by atoms with Crippen LogP contribution in [0.1, 0.15) is 26.3 Å². The number of ether oxygens (including phenoxy) is 1. The molecule has 112 valence electrons. The molecule has 0 saturated heterocycles. The lowest BCUT2D eigenvalue weighted by Crippen LogP contribution is -2.40. The van der Waals surface area contributed by atoms with E-state index in [1.165, 1.54) is 5.56 Å². The van der Waals surface area contributed by atoms with Crippen molar-refractivity contribution in [1.82, 2.24) is 4.90 Å². The summed E-state index contributed by atoms with van der Waals surface area (Å²) in [5.41, 5.74) is 1.19. The van der Waals surface area contributed by atoms with Gasteiger partial charge in [0.25, 0.3) is 0 Å². The van der Waals surface area contributed by atoms with E-state index in [4.69, 9.17) is 9.84 Å². The molecule has 1 aromatic carbocycles. The number of benzene rings is 1. The van der Waals surface area contributed by atoms with Crippen LogP contribution in [0, 0.1) is 5.92 Å². The summed E-state index contributed by atoms with van der Waals surface area (Å²) in [6.07, 6.45) is 0.837. The Labute approximate surface area is 121 Å².